The van der Waals surface area contributed by atoms with Gasteiger partial charge in [-0.2, -0.15) is 0 Å². The minimum absolute atomic E-state index is 0.144. The maximum absolute atomic E-state index is 11.6. The first kappa shape index (κ1) is 16.4. The summed E-state index contributed by atoms with van der Waals surface area (Å²) in [5, 5.41) is 7.55. The van der Waals surface area contributed by atoms with Crippen LogP contribution < -0.4 is 16.0 Å². The van der Waals surface area contributed by atoms with E-state index in [0.717, 1.165) is 3.57 Å². The average Bonchev–Trinajstić information content (AvgIpc) is 2.38. The van der Waals surface area contributed by atoms with E-state index < -0.39 is 11.9 Å². The van der Waals surface area contributed by atoms with Crippen molar-refractivity contribution in [2.24, 2.45) is 0 Å². The third-order valence-electron chi connectivity index (χ3n) is 2.36. The molecule has 0 bridgehead atoms. The Morgan fingerprint density at radius 1 is 1.20 bits per heavy atom. The molecule has 1 aromatic rings. The summed E-state index contributed by atoms with van der Waals surface area (Å²) in [7, 11) is 0. The SMILES string of the molecule is CC(=O)N[C@@H](C)C(=O)NCC(=O)Nc1ccc(I)cc1. The molecule has 0 radical (unpaired) electrons. The quantitative estimate of drug-likeness (QED) is 0.654. The molecule has 3 amide bonds. The van der Waals surface area contributed by atoms with Gasteiger partial charge in [0.2, 0.25) is 17.7 Å². The van der Waals surface area contributed by atoms with Crippen molar-refractivity contribution >= 4 is 46.0 Å². The number of hydrogen-bond donors (Lipinski definition) is 3. The Labute approximate surface area is 130 Å². The van der Waals surface area contributed by atoms with Crippen LogP contribution in [0.2, 0.25) is 0 Å². The third-order valence-corrected chi connectivity index (χ3v) is 3.08. The van der Waals surface area contributed by atoms with Gasteiger partial charge in [-0.05, 0) is 53.8 Å². The molecule has 20 heavy (non-hydrogen) atoms. The van der Waals surface area contributed by atoms with Crippen molar-refractivity contribution in [2.45, 2.75) is 19.9 Å². The fraction of sp³-hybridized carbons (Fsp3) is 0.308. The van der Waals surface area contributed by atoms with E-state index in [1.165, 1.54) is 6.92 Å². The van der Waals surface area contributed by atoms with Crippen molar-refractivity contribution in [1.29, 1.82) is 0 Å². The predicted octanol–water partition coefficient (Wildman–Crippen LogP) is 0.871. The van der Waals surface area contributed by atoms with E-state index in [1.807, 2.05) is 12.1 Å². The number of amides is 3. The highest BCUT2D eigenvalue weighted by atomic mass is 127. The topological polar surface area (TPSA) is 87.3 Å². The number of carbonyl (C=O) groups is 3. The molecular weight excluding hydrogens is 373 g/mol. The van der Waals surface area contributed by atoms with Gasteiger partial charge in [-0.1, -0.05) is 0 Å². The molecule has 0 saturated carbocycles. The Bertz CT molecular complexity index is 502. The second-order valence-corrected chi connectivity index (χ2v) is 5.44. The van der Waals surface area contributed by atoms with Crippen molar-refractivity contribution < 1.29 is 14.4 Å². The smallest absolute Gasteiger partial charge is 0.243 e. The van der Waals surface area contributed by atoms with Gasteiger partial charge in [-0.3, -0.25) is 14.4 Å². The van der Waals surface area contributed by atoms with Gasteiger partial charge in [-0.15, -0.1) is 0 Å². The summed E-state index contributed by atoms with van der Waals surface area (Å²) in [6.07, 6.45) is 0. The fourth-order valence-electron chi connectivity index (χ4n) is 1.43. The van der Waals surface area contributed by atoms with Gasteiger partial charge < -0.3 is 16.0 Å². The van der Waals surface area contributed by atoms with Gasteiger partial charge in [0.1, 0.15) is 6.04 Å². The van der Waals surface area contributed by atoms with Crippen LogP contribution in [0.25, 0.3) is 0 Å². The van der Waals surface area contributed by atoms with Crippen molar-refractivity contribution in [1.82, 2.24) is 10.6 Å². The summed E-state index contributed by atoms with van der Waals surface area (Å²) in [5.41, 5.74) is 0.666. The minimum Gasteiger partial charge on any atom is -0.345 e. The van der Waals surface area contributed by atoms with Crippen LogP contribution in [-0.2, 0) is 14.4 Å². The van der Waals surface area contributed by atoms with Gasteiger partial charge in [0.15, 0.2) is 0 Å². The van der Waals surface area contributed by atoms with Gasteiger partial charge in [0, 0.05) is 16.2 Å². The van der Waals surface area contributed by atoms with Crippen LogP contribution in [0.4, 0.5) is 5.69 Å². The standard InChI is InChI=1S/C13H16IN3O3/c1-8(16-9(2)18)13(20)15-7-12(19)17-11-5-3-10(14)4-6-11/h3-6,8H,7H2,1-2H3,(H,15,20)(H,16,18)(H,17,19)/t8-/m0/s1. The lowest BCUT2D eigenvalue weighted by Gasteiger charge is -2.12. The van der Waals surface area contributed by atoms with Crippen LogP contribution >= 0.6 is 22.6 Å². The first-order valence-electron chi connectivity index (χ1n) is 5.98. The average molecular weight is 389 g/mol. The normalized spacial score (nSPS) is 11.3. The number of hydrogen-bond acceptors (Lipinski definition) is 3. The molecule has 108 valence electrons. The minimum atomic E-state index is -0.668. The summed E-state index contributed by atoms with van der Waals surface area (Å²) in [5.74, 6) is -1.02. The van der Waals surface area contributed by atoms with E-state index in [1.54, 1.807) is 19.1 Å². The maximum Gasteiger partial charge on any atom is 0.243 e. The van der Waals surface area contributed by atoms with Crippen molar-refractivity contribution in [3.05, 3.63) is 27.8 Å². The first-order valence-corrected chi connectivity index (χ1v) is 7.06. The molecule has 6 nitrogen and oxygen atoms in total. The molecule has 0 aliphatic carbocycles. The molecule has 0 unspecified atom stereocenters. The molecule has 1 rings (SSSR count). The number of nitrogens with one attached hydrogen (secondary N) is 3. The lowest BCUT2D eigenvalue weighted by atomic mass is 10.3. The van der Waals surface area contributed by atoms with E-state index in [0.29, 0.717) is 5.69 Å². The van der Waals surface area contributed by atoms with E-state index >= 15 is 0 Å². The molecule has 0 aromatic heterocycles. The molecule has 0 spiro atoms. The van der Waals surface area contributed by atoms with E-state index in [4.69, 9.17) is 0 Å². The molecular formula is C13H16IN3O3. The van der Waals surface area contributed by atoms with Gasteiger partial charge in [-0.25, -0.2) is 0 Å². The monoisotopic (exact) mass is 389 g/mol. The van der Waals surface area contributed by atoms with Gasteiger partial charge >= 0.3 is 0 Å². The van der Waals surface area contributed by atoms with Crippen molar-refractivity contribution in [3.8, 4) is 0 Å². The van der Waals surface area contributed by atoms with Crippen LogP contribution in [0.3, 0.4) is 0 Å². The van der Waals surface area contributed by atoms with Gasteiger partial charge in [0.05, 0.1) is 6.54 Å². The lowest BCUT2D eigenvalue weighted by Crippen LogP contribution is -2.46. The fourth-order valence-corrected chi connectivity index (χ4v) is 1.79. The Morgan fingerprint density at radius 3 is 2.35 bits per heavy atom. The summed E-state index contributed by atoms with van der Waals surface area (Å²) in [6, 6.07) is 6.63. The van der Waals surface area contributed by atoms with Gasteiger partial charge in [0.25, 0.3) is 0 Å². The molecule has 0 saturated heterocycles. The van der Waals surface area contributed by atoms with Crippen molar-refractivity contribution in [2.75, 3.05) is 11.9 Å². The van der Waals surface area contributed by atoms with Crippen LogP contribution in [0.15, 0.2) is 24.3 Å². The highest BCUT2D eigenvalue weighted by molar-refractivity contribution is 14.1. The van der Waals surface area contributed by atoms with Crippen LogP contribution in [0, 0.1) is 3.57 Å². The number of halogens is 1. The molecule has 1 aromatic carbocycles. The summed E-state index contributed by atoms with van der Waals surface area (Å²) in [6.45, 7) is 2.73. The molecule has 7 heteroatoms. The van der Waals surface area contributed by atoms with Crippen LogP contribution in [0.1, 0.15) is 13.8 Å². The van der Waals surface area contributed by atoms with Crippen LogP contribution in [0.5, 0.6) is 0 Å². The molecule has 0 aliphatic rings. The molecule has 0 heterocycles. The molecule has 0 fully saturated rings. The Kier molecular flexibility index (Phi) is 6.43. The highest BCUT2D eigenvalue weighted by Gasteiger charge is 2.14. The number of rotatable bonds is 5. The molecule has 3 N–H and O–H groups in total. The predicted molar refractivity (Wildman–Crippen MR) is 84.1 cm³/mol. The zero-order valence-electron chi connectivity index (χ0n) is 11.2. The van der Waals surface area contributed by atoms with Crippen molar-refractivity contribution in [3.63, 3.8) is 0 Å². The lowest BCUT2D eigenvalue weighted by molar-refractivity contribution is -0.128. The van der Waals surface area contributed by atoms with Crippen LogP contribution in [-0.4, -0.2) is 30.3 Å². The number of benzene rings is 1. The van der Waals surface area contributed by atoms with E-state index in [2.05, 4.69) is 38.5 Å². The number of anilines is 1. The second kappa shape index (κ2) is 7.83. The Balaban J connectivity index is 2.38. The third kappa shape index (κ3) is 6.00. The molecule has 0 aliphatic heterocycles. The maximum atomic E-state index is 11.6. The first-order chi connectivity index (χ1) is 9.38. The second-order valence-electron chi connectivity index (χ2n) is 4.20. The van der Waals surface area contributed by atoms with E-state index in [-0.39, 0.29) is 18.4 Å². The zero-order chi connectivity index (χ0) is 15.1. The highest BCUT2D eigenvalue weighted by Crippen LogP contribution is 2.10. The summed E-state index contributed by atoms with van der Waals surface area (Å²) < 4.78 is 1.07. The van der Waals surface area contributed by atoms with E-state index in [9.17, 15) is 14.4 Å². The Hall–Kier alpha value is -1.64. The zero-order valence-corrected chi connectivity index (χ0v) is 13.4. The summed E-state index contributed by atoms with van der Waals surface area (Å²) in [4.78, 5) is 34.0. The Morgan fingerprint density at radius 2 is 1.80 bits per heavy atom. The largest absolute Gasteiger partial charge is 0.345 e. The summed E-state index contributed by atoms with van der Waals surface area (Å²) >= 11 is 2.17. The number of carbonyl (C=O) groups excluding carboxylic acids is 3. The molecule has 1 atom stereocenters.